The minimum atomic E-state index is -3.89. The Hall–Kier alpha value is -1.31. The van der Waals surface area contributed by atoms with Crippen LogP contribution in [0.3, 0.4) is 0 Å². The van der Waals surface area contributed by atoms with Crippen molar-refractivity contribution in [3.05, 3.63) is 46.5 Å². The van der Waals surface area contributed by atoms with Crippen LogP contribution in [0.25, 0.3) is 0 Å². The minimum Gasteiger partial charge on any atom is -0.241 e. The summed E-state index contributed by atoms with van der Waals surface area (Å²) < 4.78 is 40.3. The van der Waals surface area contributed by atoms with Crippen molar-refractivity contribution >= 4 is 21.4 Å². The summed E-state index contributed by atoms with van der Waals surface area (Å²) in [4.78, 5) is 4.65. The number of halogens is 1. The highest BCUT2D eigenvalue weighted by molar-refractivity contribution is 7.89. The molecule has 0 unspecified atom stereocenters. The Kier molecular flexibility index (Phi) is 3.57. The fourth-order valence-electron chi connectivity index (χ4n) is 2.00. The van der Waals surface area contributed by atoms with Crippen LogP contribution in [-0.4, -0.2) is 23.7 Å². The van der Waals surface area contributed by atoms with Gasteiger partial charge in [0.05, 0.1) is 0 Å². The van der Waals surface area contributed by atoms with Gasteiger partial charge in [-0.3, -0.25) is 0 Å². The number of hydrogen-bond donors (Lipinski definition) is 0. The van der Waals surface area contributed by atoms with Gasteiger partial charge in [-0.2, -0.15) is 4.31 Å². The molecule has 0 radical (unpaired) electrons. The van der Waals surface area contributed by atoms with E-state index in [1.54, 1.807) is 0 Å². The van der Waals surface area contributed by atoms with E-state index in [2.05, 4.69) is 4.98 Å². The fourth-order valence-corrected chi connectivity index (χ4v) is 4.43. The Morgan fingerprint density at radius 1 is 1.35 bits per heavy atom. The summed E-state index contributed by atoms with van der Waals surface area (Å²) in [6.45, 7) is 0.278. The van der Waals surface area contributed by atoms with Crippen LogP contribution in [0.1, 0.15) is 17.7 Å². The second-order valence-corrected chi connectivity index (χ2v) is 7.49. The molecule has 20 heavy (non-hydrogen) atoms. The van der Waals surface area contributed by atoms with E-state index in [-0.39, 0.29) is 12.6 Å². The topological polar surface area (TPSA) is 50.3 Å². The fraction of sp³-hybridized carbons (Fsp3) is 0.308. The lowest BCUT2D eigenvalue weighted by atomic mass is 10.4. The van der Waals surface area contributed by atoms with Gasteiger partial charge in [0.15, 0.2) is 5.82 Å². The van der Waals surface area contributed by atoms with Crippen LogP contribution in [0, 0.1) is 5.82 Å². The molecule has 1 aliphatic rings. The van der Waals surface area contributed by atoms with Crippen LogP contribution in [-0.2, 0) is 16.6 Å². The van der Waals surface area contributed by atoms with Crippen molar-refractivity contribution in [2.45, 2.75) is 30.5 Å². The van der Waals surface area contributed by atoms with Crippen molar-refractivity contribution in [3.8, 4) is 0 Å². The van der Waals surface area contributed by atoms with Gasteiger partial charge < -0.3 is 0 Å². The van der Waals surface area contributed by atoms with Crippen molar-refractivity contribution in [2.24, 2.45) is 0 Å². The quantitative estimate of drug-likeness (QED) is 0.853. The van der Waals surface area contributed by atoms with Crippen LogP contribution in [0.4, 0.5) is 4.39 Å². The van der Waals surface area contributed by atoms with Gasteiger partial charge in [0, 0.05) is 23.7 Å². The van der Waals surface area contributed by atoms with E-state index in [9.17, 15) is 12.8 Å². The zero-order valence-electron chi connectivity index (χ0n) is 10.6. The highest BCUT2D eigenvalue weighted by Crippen LogP contribution is 2.34. The average Bonchev–Trinajstić information content (AvgIpc) is 3.12. The second kappa shape index (κ2) is 5.23. The molecule has 3 rings (SSSR count). The molecule has 1 saturated carbocycles. The molecule has 1 fully saturated rings. The lowest BCUT2D eigenvalue weighted by Gasteiger charge is -2.20. The molecule has 2 heterocycles. The van der Waals surface area contributed by atoms with Crippen LogP contribution in [0.5, 0.6) is 0 Å². The van der Waals surface area contributed by atoms with Gasteiger partial charge in [0.1, 0.15) is 0 Å². The van der Waals surface area contributed by atoms with Crippen molar-refractivity contribution < 1.29 is 12.8 Å². The minimum absolute atomic E-state index is 0.0384. The zero-order valence-corrected chi connectivity index (χ0v) is 12.2. The van der Waals surface area contributed by atoms with Crippen molar-refractivity contribution in [2.75, 3.05) is 0 Å². The lowest BCUT2D eigenvalue weighted by Crippen LogP contribution is -2.33. The molecule has 4 nitrogen and oxygen atoms in total. The van der Waals surface area contributed by atoms with E-state index in [1.165, 1.54) is 27.9 Å². The van der Waals surface area contributed by atoms with Gasteiger partial charge in [-0.1, -0.05) is 6.07 Å². The molecule has 0 spiro atoms. The van der Waals surface area contributed by atoms with E-state index >= 15 is 0 Å². The first-order chi connectivity index (χ1) is 9.59. The van der Waals surface area contributed by atoms with Gasteiger partial charge >= 0.3 is 0 Å². The molecule has 0 bridgehead atoms. The van der Waals surface area contributed by atoms with Gasteiger partial charge in [0.25, 0.3) is 10.0 Å². The van der Waals surface area contributed by atoms with E-state index in [0.29, 0.717) is 0 Å². The SMILES string of the molecule is O=S(=O)(c1ncccc1F)N(Cc1cccs1)C1CC1. The summed E-state index contributed by atoms with van der Waals surface area (Å²) in [6.07, 6.45) is 2.93. The van der Waals surface area contributed by atoms with Crippen molar-refractivity contribution in [1.82, 2.24) is 9.29 Å². The van der Waals surface area contributed by atoms with Crippen LogP contribution < -0.4 is 0 Å². The number of aromatic nitrogens is 1. The molecule has 2 aromatic rings. The third kappa shape index (κ3) is 2.61. The second-order valence-electron chi connectivity index (χ2n) is 4.65. The molecular formula is C13H13FN2O2S2. The summed E-state index contributed by atoms with van der Waals surface area (Å²) in [5.41, 5.74) is 0. The smallest absolute Gasteiger partial charge is 0.241 e. The summed E-state index contributed by atoms with van der Waals surface area (Å²) in [6, 6.07) is 6.22. The number of rotatable bonds is 5. The Labute approximate surface area is 120 Å². The number of nitrogens with zero attached hydrogens (tertiary/aromatic N) is 2. The lowest BCUT2D eigenvalue weighted by molar-refractivity contribution is 0.395. The summed E-state index contributed by atoms with van der Waals surface area (Å²) in [5.74, 6) is -0.802. The Morgan fingerprint density at radius 3 is 2.75 bits per heavy atom. The molecule has 0 aromatic carbocycles. The Balaban J connectivity index is 1.96. The highest BCUT2D eigenvalue weighted by Gasteiger charge is 2.40. The van der Waals surface area contributed by atoms with E-state index in [4.69, 9.17) is 0 Å². The molecule has 0 saturated heterocycles. The van der Waals surface area contributed by atoms with Crippen LogP contribution in [0.2, 0.25) is 0 Å². The third-order valence-corrected chi connectivity index (χ3v) is 5.82. The highest BCUT2D eigenvalue weighted by atomic mass is 32.2. The summed E-state index contributed by atoms with van der Waals surface area (Å²) >= 11 is 1.49. The molecule has 1 aliphatic carbocycles. The van der Waals surface area contributed by atoms with E-state index in [1.807, 2.05) is 17.5 Å². The average molecular weight is 312 g/mol. The van der Waals surface area contributed by atoms with Gasteiger partial charge in [-0.25, -0.2) is 17.8 Å². The molecule has 0 N–H and O–H groups in total. The third-order valence-electron chi connectivity index (χ3n) is 3.12. The van der Waals surface area contributed by atoms with Crippen LogP contribution >= 0.6 is 11.3 Å². The summed E-state index contributed by atoms with van der Waals surface area (Å²) in [7, 11) is -3.89. The Bertz CT molecular complexity index is 697. The van der Waals surface area contributed by atoms with Crippen molar-refractivity contribution in [1.29, 1.82) is 0 Å². The largest absolute Gasteiger partial charge is 0.264 e. The number of sulfonamides is 1. The van der Waals surface area contributed by atoms with E-state index < -0.39 is 20.9 Å². The van der Waals surface area contributed by atoms with E-state index in [0.717, 1.165) is 23.8 Å². The molecule has 0 atom stereocenters. The predicted octanol–water partition coefficient (Wildman–Crippen LogP) is 2.64. The molecule has 106 valence electrons. The predicted molar refractivity (Wildman–Crippen MR) is 74.3 cm³/mol. The van der Waals surface area contributed by atoms with Gasteiger partial charge in [-0.05, 0) is 36.4 Å². The number of pyridine rings is 1. The maximum absolute atomic E-state index is 13.7. The monoisotopic (exact) mass is 312 g/mol. The first kappa shape index (κ1) is 13.7. The zero-order chi connectivity index (χ0) is 14.2. The normalized spacial score (nSPS) is 15.7. The molecule has 7 heteroatoms. The number of hydrogen-bond acceptors (Lipinski definition) is 4. The first-order valence-electron chi connectivity index (χ1n) is 6.24. The standard InChI is InChI=1S/C13H13FN2O2S2/c14-12-4-1-7-15-13(12)20(17,18)16(10-5-6-10)9-11-3-2-8-19-11/h1-4,7-8,10H,5-6,9H2. The molecule has 0 aliphatic heterocycles. The van der Waals surface area contributed by atoms with Crippen LogP contribution in [0.15, 0.2) is 40.9 Å². The van der Waals surface area contributed by atoms with Crippen molar-refractivity contribution in [3.63, 3.8) is 0 Å². The molecular weight excluding hydrogens is 299 g/mol. The number of thiophene rings is 1. The summed E-state index contributed by atoms with van der Waals surface area (Å²) in [5, 5.41) is 1.41. The first-order valence-corrected chi connectivity index (χ1v) is 8.56. The van der Waals surface area contributed by atoms with Gasteiger partial charge in [-0.15, -0.1) is 11.3 Å². The maximum Gasteiger partial charge on any atom is 0.264 e. The molecule has 2 aromatic heterocycles. The maximum atomic E-state index is 13.7. The Morgan fingerprint density at radius 2 is 2.15 bits per heavy atom. The molecule has 0 amide bonds. The van der Waals surface area contributed by atoms with Gasteiger partial charge in [0.2, 0.25) is 5.03 Å².